The zero-order valence-electron chi connectivity index (χ0n) is 45.0. The third-order valence-corrected chi connectivity index (χ3v) is 12.0. The molecular formula is C59H114O10. The second kappa shape index (κ2) is 63.9. The number of unbranched alkanes of at least 4 members (excludes halogenated alkanes) is 30. The van der Waals surface area contributed by atoms with Crippen LogP contribution in [-0.4, -0.2) is 96.0 Å². The molecule has 0 radical (unpaired) electrons. The molecule has 1 N–H and O–H groups in total. The lowest BCUT2D eigenvalue weighted by Crippen LogP contribution is -2.22. The Hall–Kier alpha value is -2.11. The van der Waals surface area contributed by atoms with Crippen LogP contribution in [0.25, 0.3) is 0 Å². The summed E-state index contributed by atoms with van der Waals surface area (Å²) in [5, 5.41) is 9.90. The molecule has 0 aliphatic heterocycles. The number of aliphatic hydroxyl groups excluding tert-OH is 1. The third-order valence-electron chi connectivity index (χ3n) is 12.0. The molecule has 0 aliphatic carbocycles. The monoisotopic (exact) mass is 983 g/mol. The number of allylic oxidation sites excluding steroid dienone is 4. The van der Waals surface area contributed by atoms with Crippen LogP contribution in [0.2, 0.25) is 0 Å². The Bertz CT molecular complexity index is 1080. The zero-order chi connectivity index (χ0) is 49.9. The van der Waals surface area contributed by atoms with Gasteiger partial charge in [0.15, 0.2) is 5.78 Å². The van der Waals surface area contributed by atoms with Crippen molar-refractivity contribution in [2.75, 3.05) is 67.1 Å². The second-order valence-electron chi connectivity index (χ2n) is 18.8. The summed E-state index contributed by atoms with van der Waals surface area (Å²) in [6.07, 6.45) is 53.1. The van der Waals surface area contributed by atoms with Crippen molar-refractivity contribution in [3.63, 3.8) is 0 Å². The van der Waals surface area contributed by atoms with Crippen molar-refractivity contribution in [3.8, 4) is 0 Å². The quantitative estimate of drug-likeness (QED) is 0.0357. The number of methoxy groups -OCH3 is 2. The van der Waals surface area contributed by atoms with Crippen molar-refractivity contribution in [2.45, 2.75) is 271 Å². The number of ketones is 1. The summed E-state index contributed by atoms with van der Waals surface area (Å²) in [6.45, 7) is 8.47. The number of carbonyl (C=O) groups is 3. The zero-order valence-corrected chi connectivity index (χ0v) is 45.0. The van der Waals surface area contributed by atoms with Crippen LogP contribution < -0.4 is 0 Å². The van der Waals surface area contributed by atoms with E-state index < -0.39 is 6.10 Å². The highest BCUT2D eigenvalue weighted by atomic mass is 16.5. The van der Waals surface area contributed by atoms with Crippen molar-refractivity contribution < 1.29 is 47.9 Å². The average molecular weight is 984 g/mol. The van der Waals surface area contributed by atoms with Crippen LogP contribution in [0.1, 0.15) is 265 Å². The highest BCUT2D eigenvalue weighted by Crippen LogP contribution is 2.12. The lowest BCUT2D eigenvalue weighted by Gasteiger charge is -2.12. The van der Waals surface area contributed by atoms with Crippen molar-refractivity contribution in [1.29, 1.82) is 0 Å². The molecule has 0 bridgehead atoms. The molecule has 0 aromatic heterocycles. The number of hydrogen-bond acceptors (Lipinski definition) is 10. The van der Waals surface area contributed by atoms with E-state index in [1.807, 2.05) is 0 Å². The summed E-state index contributed by atoms with van der Waals surface area (Å²) in [4.78, 5) is 33.8. The fourth-order valence-corrected chi connectivity index (χ4v) is 7.66. The Labute approximate surface area is 426 Å². The summed E-state index contributed by atoms with van der Waals surface area (Å²) in [5.74, 6) is -0.138. The normalized spacial score (nSPS) is 11.7. The van der Waals surface area contributed by atoms with Gasteiger partial charge in [-0.25, -0.2) is 0 Å². The Balaban J connectivity index is -0.00000124. The molecule has 410 valence electrons. The SMILES string of the molecule is C.CCCCCCCCOCC(=O)COCCCCCCCC/C=C\CCCCCCC(=O)OC.CCCCCCCCOCC(O)COCCCCCCCC/C=C\CCCCCCC(=O)OC. The molecule has 10 nitrogen and oxygen atoms in total. The summed E-state index contributed by atoms with van der Waals surface area (Å²) in [5.41, 5.74) is 0. The number of esters is 2. The molecule has 0 aliphatic rings. The molecule has 0 fully saturated rings. The van der Waals surface area contributed by atoms with E-state index in [4.69, 9.17) is 18.9 Å². The van der Waals surface area contributed by atoms with Crippen molar-refractivity contribution in [2.24, 2.45) is 0 Å². The van der Waals surface area contributed by atoms with Gasteiger partial charge in [-0.2, -0.15) is 0 Å². The molecular weight excluding hydrogens is 869 g/mol. The van der Waals surface area contributed by atoms with Crippen LogP contribution in [-0.2, 0) is 42.8 Å². The number of Topliss-reactive ketones (excluding diaryl/α,β-unsaturated/α-hetero) is 1. The second-order valence-corrected chi connectivity index (χ2v) is 18.8. The smallest absolute Gasteiger partial charge is 0.305 e. The molecule has 0 aromatic carbocycles. The van der Waals surface area contributed by atoms with Crippen LogP contribution in [0, 0.1) is 0 Å². The summed E-state index contributed by atoms with van der Waals surface area (Å²) < 4.78 is 31.4. The van der Waals surface area contributed by atoms with Gasteiger partial charge in [0.05, 0.1) is 27.4 Å². The molecule has 0 aromatic rings. The van der Waals surface area contributed by atoms with Crippen LogP contribution in [0.15, 0.2) is 24.3 Å². The Morgan fingerprint density at radius 1 is 0.377 bits per heavy atom. The van der Waals surface area contributed by atoms with Crippen LogP contribution in [0.5, 0.6) is 0 Å². The van der Waals surface area contributed by atoms with Crippen LogP contribution in [0.3, 0.4) is 0 Å². The van der Waals surface area contributed by atoms with Gasteiger partial charge in [0, 0.05) is 39.3 Å². The van der Waals surface area contributed by atoms with E-state index in [1.54, 1.807) is 0 Å². The van der Waals surface area contributed by atoms with Crippen LogP contribution >= 0.6 is 0 Å². The number of hydrogen-bond donors (Lipinski definition) is 1. The van der Waals surface area contributed by atoms with Crippen LogP contribution in [0.4, 0.5) is 0 Å². The van der Waals surface area contributed by atoms with Gasteiger partial charge in [0.25, 0.3) is 0 Å². The minimum absolute atomic E-state index is 0. The minimum atomic E-state index is -0.500. The van der Waals surface area contributed by atoms with E-state index in [-0.39, 0.29) is 38.4 Å². The number of rotatable bonds is 54. The summed E-state index contributed by atoms with van der Waals surface area (Å²) >= 11 is 0. The maximum absolute atomic E-state index is 11.7. The fourth-order valence-electron chi connectivity index (χ4n) is 7.66. The third kappa shape index (κ3) is 65.9. The first-order valence-electron chi connectivity index (χ1n) is 28.3. The van der Waals surface area contributed by atoms with Gasteiger partial charge in [-0.1, -0.05) is 187 Å². The lowest BCUT2D eigenvalue weighted by molar-refractivity contribution is -0.141. The molecule has 0 rings (SSSR count). The van der Waals surface area contributed by atoms with E-state index in [9.17, 15) is 19.5 Å². The Kier molecular flexibility index (Phi) is 65.9. The molecule has 1 unspecified atom stereocenters. The maximum Gasteiger partial charge on any atom is 0.305 e. The first-order chi connectivity index (χ1) is 33.4. The van der Waals surface area contributed by atoms with Gasteiger partial charge in [-0.3, -0.25) is 14.4 Å². The molecule has 0 saturated heterocycles. The van der Waals surface area contributed by atoms with Gasteiger partial charge in [-0.05, 0) is 89.9 Å². The summed E-state index contributed by atoms with van der Waals surface area (Å²) in [6, 6.07) is 0. The highest BCUT2D eigenvalue weighted by Gasteiger charge is 2.06. The van der Waals surface area contributed by atoms with Gasteiger partial charge >= 0.3 is 11.9 Å². The van der Waals surface area contributed by atoms with E-state index in [1.165, 1.54) is 181 Å². The van der Waals surface area contributed by atoms with Crippen molar-refractivity contribution >= 4 is 17.7 Å². The number of aliphatic hydroxyl groups is 1. The van der Waals surface area contributed by atoms with E-state index in [0.717, 1.165) is 77.4 Å². The van der Waals surface area contributed by atoms with Crippen molar-refractivity contribution in [3.05, 3.63) is 24.3 Å². The van der Waals surface area contributed by atoms with E-state index in [2.05, 4.69) is 47.6 Å². The van der Waals surface area contributed by atoms with E-state index in [0.29, 0.717) is 39.3 Å². The van der Waals surface area contributed by atoms with Gasteiger partial charge in [0.2, 0.25) is 0 Å². The molecule has 69 heavy (non-hydrogen) atoms. The molecule has 0 amide bonds. The first-order valence-corrected chi connectivity index (χ1v) is 28.3. The van der Waals surface area contributed by atoms with Gasteiger partial charge in [0.1, 0.15) is 19.3 Å². The number of ether oxygens (including phenoxy) is 6. The largest absolute Gasteiger partial charge is 0.469 e. The standard InChI is InChI=1S/C29H56O5.C29H54O5.CH4/c2*1-3-4-5-6-18-21-24-33-26-28(30)27-34-25-22-19-16-14-12-10-8-7-9-11-13-15-17-20-23-29(31)32-2;/h7,9,28,30H,3-6,8,10-27H2,1-2H3;7,9H,3-6,8,10-27H2,1-2H3;1H4/b2*9-7-;. The predicted octanol–water partition coefficient (Wildman–Crippen LogP) is 15.9. The first kappa shape index (κ1) is 71.1. The Morgan fingerprint density at radius 2 is 0.638 bits per heavy atom. The molecule has 10 heteroatoms. The average Bonchev–Trinajstić information content (AvgIpc) is 3.34. The molecule has 0 heterocycles. The van der Waals surface area contributed by atoms with Gasteiger partial charge < -0.3 is 33.5 Å². The highest BCUT2D eigenvalue weighted by molar-refractivity contribution is 5.80. The molecule has 1 atom stereocenters. The topological polar surface area (TPSA) is 127 Å². The van der Waals surface area contributed by atoms with Gasteiger partial charge in [-0.15, -0.1) is 0 Å². The molecule has 0 spiro atoms. The Morgan fingerprint density at radius 3 is 0.942 bits per heavy atom. The predicted molar refractivity (Wildman–Crippen MR) is 290 cm³/mol. The lowest BCUT2D eigenvalue weighted by atomic mass is 10.1. The van der Waals surface area contributed by atoms with E-state index >= 15 is 0 Å². The minimum Gasteiger partial charge on any atom is -0.469 e. The maximum atomic E-state index is 11.7. The fraction of sp³-hybridized carbons (Fsp3) is 0.881. The number of carbonyl (C=O) groups excluding carboxylic acids is 3. The van der Waals surface area contributed by atoms with Crippen molar-refractivity contribution in [1.82, 2.24) is 0 Å². The summed E-state index contributed by atoms with van der Waals surface area (Å²) in [7, 11) is 2.90. The molecule has 0 saturated carbocycles.